The van der Waals surface area contributed by atoms with Crippen molar-refractivity contribution >= 4 is 17.0 Å². The molecule has 6 nitrogen and oxygen atoms in total. The number of hydrogen-bond donors (Lipinski definition) is 1. The second kappa shape index (κ2) is 5.62. The molecule has 1 aliphatic rings. The van der Waals surface area contributed by atoms with E-state index < -0.39 is 0 Å². The summed E-state index contributed by atoms with van der Waals surface area (Å²) in [5.41, 5.74) is 4.41. The molecular formula is C17H20N6. The van der Waals surface area contributed by atoms with Crippen LogP contribution in [0.1, 0.15) is 24.1 Å². The van der Waals surface area contributed by atoms with Gasteiger partial charge in [0.05, 0.1) is 12.4 Å². The molecule has 0 spiro atoms. The molecule has 0 aliphatic carbocycles. The maximum atomic E-state index is 4.49. The summed E-state index contributed by atoms with van der Waals surface area (Å²) in [5.74, 6) is 0.803. The summed E-state index contributed by atoms with van der Waals surface area (Å²) in [6.45, 7) is 4.86. The predicted molar refractivity (Wildman–Crippen MR) is 90.1 cm³/mol. The third-order valence-corrected chi connectivity index (χ3v) is 4.42. The third kappa shape index (κ3) is 2.45. The summed E-state index contributed by atoms with van der Waals surface area (Å²) in [6, 6.07) is 8.79. The van der Waals surface area contributed by atoms with Gasteiger partial charge in [-0.25, -0.2) is 15.0 Å². The molecule has 118 valence electrons. The molecule has 0 amide bonds. The molecule has 6 heteroatoms. The second-order valence-corrected chi connectivity index (χ2v) is 6.02. The van der Waals surface area contributed by atoms with Gasteiger partial charge in [-0.3, -0.25) is 4.90 Å². The zero-order valence-electron chi connectivity index (χ0n) is 13.4. The maximum absolute atomic E-state index is 4.49. The molecule has 0 radical (unpaired) electrons. The highest BCUT2D eigenvalue weighted by Gasteiger charge is 2.24. The number of aromatic nitrogens is 4. The Morgan fingerprint density at radius 3 is 2.96 bits per heavy atom. The monoisotopic (exact) mass is 308 g/mol. The van der Waals surface area contributed by atoms with Gasteiger partial charge in [-0.1, -0.05) is 24.3 Å². The Morgan fingerprint density at radius 2 is 2.09 bits per heavy atom. The van der Waals surface area contributed by atoms with Crippen LogP contribution in [0.4, 0.5) is 5.82 Å². The summed E-state index contributed by atoms with van der Waals surface area (Å²) < 4.78 is 2.03. The normalized spacial score (nSPS) is 18.1. The van der Waals surface area contributed by atoms with Crippen molar-refractivity contribution in [2.45, 2.75) is 26.1 Å². The minimum atomic E-state index is 0.204. The first kappa shape index (κ1) is 14.1. The number of aryl methyl sites for hydroxylation is 1. The van der Waals surface area contributed by atoms with Gasteiger partial charge in [0.15, 0.2) is 11.5 Å². The Labute approximate surface area is 135 Å². The molecular weight excluding hydrogens is 288 g/mol. The van der Waals surface area contributed by atoms with E-state index in [1.807, 2.05) is 10.9 Å². The summed E-state index contributed by atoms with van der Waals surface area (Å²) in [6.07, 6.45) is 3.43. The van der Waals surface area contributed by atoms with E-state index in [1.54, 1.807) is 6.33 Å². The Hall–Kier alpha value is -2.47. The van der Waals surface area contributed by atoms with Crippen LogP contribution in [0.25, 0.3) is 11.2 Å². The topological polar surface area (TPSA) is 58.9 Å². The number of fused-ring (bicyclic) bond motifs is 2. The van der Waals surface area contributed by atoms with Crippen LogP contribution in [-0.2, 0) is 13.1 Å². The fourth-order valence-corrected chi connectivity index (χ4v) is 3.29. The number of likely N-dealkylation sites (N-methyl/N-ethyl adjacent to an activating group) is 1. The number of anilines is 1. The van der Waals surface area contributed by atoms with Gasteiger partial charge in [-0.15, -0.1) is 0 Å². The second-order valence-electron chi connectivity index (χ2n) is 6.02. The number of rotatable bonds is 3. The zero-order chi connectivity index (χ0) is 15.8. The lowest BCUT2D eigenvalue weighted by molar-refractivity contribution is 0.291. The lowest BCUT2D eigenvalue weighted by atomic mass is 9.96. The number of nitrogens with one attached hydrogen (secondary N) is 1. The summed E-state index contributed by atoms with van der Waals surface area (Å²) in [4.78, 5) is 15.6. The molecule has 1 unspecified atom stereocenters. The SMILES string of the molecule is CCn1cnc2c(NC3CN(C)Cc4ccccc43)ncnc21. The average Bonchev–Trinajstić information content (AvgIpc) is 2.99. The number of imidazole rings is 1. The first-order valence-corrected chi connectivity index (χ1v) is 7.95. The molecule has 1 aromatic carbocycles. The molecule has 4 rings (SSSR count). The van der Waals surface area contributed by atoms with Gasteiger partial charge in [0.25, 0.3) is 0 Å². The van der Waals surface area contributed by atoms with Gasteiger partial charge in [0.2, 0.25) is 0 Å². The van der Waals surface area contributed by atoms with E-state index in [1.165, 1.54) is 11.1 Å². The lowest BCUT2D eigenvalue weighted by Gasteiger charge is -2.33. The molecule has 0 saturated heterocycles. The van der Waals surface area contributed by atoms with Crippen molar-refractivity contribution in [1.82, 2.24) is 24.4 Å². The fourth-order valence-electron chi connectivity index (χ4n) is 3.29. The van der Waals surface area contributed by atoms with E-state index in [9.17, 15) is 0 Å². The minimum absolute atomic E-state index is 0.204. The van der Waals surface area contributed by atoms with Crippen molar-refractivity contribution in [2.75, 3.05) is 18.9 Å². The van der Waals surface area contributed by atoms with Crippen LogP contribution >= 0.6 is 0 Å². The molecule has 1 atom stereocenters. The molecule has 3 aromatic rings. The van der Waals surface area contributed by atoms with Crippen LogP contribution in [0.15, 0.2) is 36.9 Å². The van der Waals surface area contributed by atoms with E-state index in [0.717, 1.165) is 36.6 Å². The highest BCUT2D eigenvalue weighted by molar-refractivity contribution is 5.82. The van der Waals surface area contributed by atoms with Gasteiger partial charge in [-0.2, -0.15) is 0 Å². The van der Waals surface area contributed by atoms with E-state index in [4.69, 9.17) is 0 Å². The van der Waals surface area contributed by atoms with E-state index >= 15 is 0 Å². The molecule has 0 bridgehead atoms. The zero-order valence-corrected chi connectivity index (χ0v) is 13.4. The van der Waals surface area contributed by atoms with Crippen LogP contribution in [-0.4, -0.2) is 38.0 Å². The molecule has 0 fully saturated rings. The van der Waals surface area contributed by atoms with Crippen LogP contribution in [0.5, 0.6) is 0 Å². The smallest absolute Gasteiger partial charge is 0.165 e. The summed E-state index contributed by atoms with van der Waals surface area (Å²) >= 11 is 0. The first-order chi connectivity index (χ1) is 11.3. The highest BCUT2D eigenvalue weighted by Crippen LogP contribution is 2.29. The van der Waals surface area contributed by atoms with Crippen molar-refractivity contribution in [1.29, 1.82) is 0 Å². The largest absolute Gasteiger partial charge is 0.360 e. The van der Waals surface area contributed by atoms with Gasteiger partial charge < -0.3 is 9.88 Å². The fraction of sp³-hybridized carbons (Fsp3) is 0.353. The van der Waals surface area contributed by atoms with Crippen molar-refractivity contribution in [3.8, 4) is 0 Å². The molecule has 1 aliphatic heterocycles. The van der Waals surface area contributed by atoms with E-state index in [2.05, 4.69) is 63.4 Å². The van der Waals surface area contributed by atoms with Crippen LogP contribution in [0.3, 0.4) is 0 Å². The first-order valence-electron chi connectivity index (χ1n) is 7.95. The summed E-state index contributed by atoms with van der Waals surface area (Å²) in [7, 11) is 2.14. The molecule has 0 saturated carbocycles. The Balaban J connectivity index is 1.73. The number of nitrogens with zero attached hydrogens (tertiary/aromatic N) is 5. The molecule has 1 N–H and O–H groups in total. The standard InChI is InChI=1S/C17H20N6/c1-3-23-11-20-15-16(18-10-19-17(15)23)21-14-9-22(2)8-12-6-4-5-7-13(12)14/h4-7,10-11,14H,3,8-9H2,1-2H3,(H,18,19,21). The third-order valence-electron chi connectivity index (χ3n) is 4.42. The van der Waals surface area contributed by atoms with Crippen molar-refractivity contribution < 1.29 is 0 Å². The Bertz CT molecular complexity index is 840. The lowest BCUT2D eigenvalue weighted by Crippen LogP contribution is -2.34. The van der Waals surface area contributed by atoms with Gasteiger partial charge in [-0.05, 0) is 25.1 Å². The van der Waals surface area contributed by atoms with Crippen LogP contribution in [0.2, 0.25) is 0 Å². The quantitative estimate of drug-likeness (QED) is 0.805. The van der Waals surface area contributed by atoms with Gasteiger partial charge in [0, 0.05) is 19.6 Å². The van der Waals surface area contributed by atoms with E-state index in [-0.39, 0.29) is 6.04 Å². The van der Waals surface area contributed by atoms with Crippen LogP contribution in [0, 0.1) is 0 Å². The summed E-state index contributed by atoms with van der Waals surface area (Å²) in [5, 5.41) is 3.58. The van der Waals surface area contributed by atoms with Crippen molar-refractivity contribution in [3.63, 3.8) is 0 Å². The molecule has 2 aromatic heterocycles. The van der Waals surface area contributed by atoms with Gasteiger partial charge >= 0.3 is 0 Å². The predicted octanol–water partition coefficient (Wildman–Crippen LogP) is 2.44. The molecule has 23 heavy (non-hydrogen) atoms. The van der Waals surface area contributed by atoms with Crippen molar-refractivity contribution in [2.24, 2.45) is 0 Å². The Kier molecular flexibility index (Phi) is 3.46. The van der Waals surface area contributed by atoms with Gasteiger partial charge in [0.1, 0.15) is 11.8 Å². The minimum Gasteiger partial charge on any atom is -0.360 e. The van der Waals surface area contributed by atoms with Crippen LogP contribution < -0.4 is 5.32 Å². The number of benzene rings is 1. The molecule has 3 heterocycles. The average molecular weight is 308 g/mol. The van der Waals surface area contributed by atoms with E-state index in [0.29, 0.717) is 0 Å². The Morgan fingerprint density at radius 1 is 1.22 bits per heavy atom. The number of hydrogen-bond acceptors (Lipinski definition) is 5. The maximum Gasteiger partial charge on any atom is 0.165 e. The highest BCUT2D eigenvalue weighted by atomic mass is 15.2. The van der Waals surface area contributed by atoms with Crippen molar-refractivity contribution in [3.05, 3.63) is 48.0 Å².